The van der Waals surface area contributed by atoms with Gasteiger partial charge in [0.1, 0.15) is 4.83 Å². The fraction of sp³-hybridized carbons (Fsp3) is 0.368. The lowest BCUT2D eigenvalue weighted by molar-refractivity contribution is 0.686. The van der Waals surface area contributed by atoms with Crippen molar-refractivity contribution >= 4 is 33.3 Å². The van der Waals surface area contributed by atoms with E-state index in [1.54, 1.807) is 23.1 Å². The second kappa shape index (κ2) is 6.73. The summed E-state index contributed by atoms with van der Waals surface area (Å²) >= 11 is 3.18. The second-order valence-electron chi connectivity index (χ2n) is 6.24. The number of nitrogens with one attached hydrogen (secondary N) is 1. The van der Waals surface area contributed by atoms with Crippen molar-refractivity contribution in [3.05, 3.63) is 45.1 Å². The SMILES string of the molecule is CCCSc1nc2scc(-c3ccc4c(c3)CCCC4)c2c(=O)[nH]1. The number of H-pyrrole nitrogens is 1. The van der Waals surface area contributed by atoms with E-state index in [4.69, 9.17) is 0 Å². The Kier molecular flexibility index (Phi) is 4.46. The van der Waals surface area contributed by atoms with Gasteiger partial charge >= 0.3 is 0 Å². The van der Waals surface area contributed by atoms with Crippen molar-refractivity contribution in [1.29, 1.82) is 0 Å². The summed E-state index contributed by atoms with van der Waals surface area (Å²) in [5, 5.41) is 3.54. The Morgan fingerprint density at radius 2 is 2.08 bits per heavy atom. The predicted octanol–water partition coefficient (Wildman–Crippen LogP) is 5.03. The van der Waals surface area contributed by atoms with Gasteiger partial charge in [-0.15, -0.1) is 11.3 Å². The number of aromatic amines is 1. The first-order valence-electron chi connectivity index (χ1n) is 8.52. The molecule has 1 aliphatic carbocycles. The van der Waals surface area contributed by atoms with Crippen molar-refractivity contribution in [2.75, 3.05) is 5.75 Å². The van der Waals surface area contributed by atoms with E-state index in [0.717, 1.165) is 45.1 Å². The molecule has 5 heteroatoms. The van der Waals surface area contributed by atoms with Gasteiger partial charge < -0.3 is 4.98 Å². The van der Waals surface area contributed by atoms with Gasteiger partial charge in [0.25, 0.3) is 5.56 Å². The molecule has 0 atom stereocenters. The lowest BCUT2D eigenvalue weighted by atomic mass is 9.89. The van der Waals surface area contributed by atoms with Crippen LogP contribution in [-0.4, -0.2) is 15.7 Å². The Morgan fingerprint density at radius 1 is 1.25 bits per heavy atom. The molecule has 3 nitrogen and oxygen atoms in total. The molecule has 2 heterocycles. The predicted molar refractivity (Wildman–Crippen MR) is 103 cm³/mol. The molecule has 0 aliphatic heterocycles. The van der Waals surface area contributed by atoms with Gasteiger partial charge in [0.15, 0.2) is 5.16 Å². The smallest absolute Gasteiger partial charge is 0.260 e. The number of thioether (sulfide) groups is 1. The minimum atomic E-state index is -0.0208. The molecule has 3 aromatic rings. The number of aromatic nitrogens is 2. The summed E-state index contributed by atoms with van der Waals surface area (Å²) in [5.41, 5.74) is 5.05. The van der Waals surface area contributed by atoms with E-state index in [-0.39, 0.29) is 5.56 Å². The third-order valence-electron chi connectivity index (χ3n) is 4.52. The summed E-state index contributed by atoms with van der Waals surface area (Å²) in [5.74, 6) is 0.970. The zero-order valence-corrected chi connectivity index (χ0v) is 15.4. The van der Waals surface area contributed by atoms with E-state index in [1.165, 1.54) is 30.4 Å². The molecule has 1 aliphatic rings. The maximum absolute atomic E-state index is 12.6. The van der Waals surface area contributed by atoms with Crippen LogP contribution in [0.3, 0.4) is 0 Å². The average molecular weight is 357 g/mol. The average Bonchev–Trinajstić information content (AvgIpc) is 3.04. The van der Waals surface area contributed by atoms with Crippen LogP contribution in [0.1, 0.15) is 37.3 Å². The monoisotopic (exact) mass is 356 g/mol. The highest BCUT2D eigenvalue weighted by Gasteiger charge is 2.15. The molecule has 1 aromatic carbocycles. The lowest BCUT2D eigenvalue weighted by Gasteiger charge is -2.16. The summed E-state index contributed by atoms with van der Waals surface area (Å²) in [6.45, 7) is 2.13. The van der Waals surface area contributed by atoms with Crippen molar-refractivity contribution < 1.29 is 0 Å². The Morgan fingerprint density at radius 3 is 2.92 bits per heavy atom. The highest BCUT2D eigenvalue weighted by Crippen LogP contribution is 2.34. The Labute approximate surface area is 149 Å². The zero-order valence-electron chi connectivity index (χ0n) is 13.7. The van der Waals surface area contributed by atoms with Gasteiger partial charge in [-0.3, -0.25) is 4.79 Å². The van der Waals surface area contributed by atoms with Gasteiger partial charge in [-0.25, -0.2) is 4.98 Å². The van der Waals surface area contributed by atoms with Crippen LogP contribution in [0.5, 0.6) is 0 Å². The zero-order chi connectivity index (χ0) is 16.5. The minimum Gasteiger partial charge on any atom is -0.301 e. The largest absolute Gasteiger partial charge is 0.301 e. The normalized spacial score (nSPS) is 14.0. The second-order valence-corrected chi connectivity index (χ2v) is 8.18. The van der Waals surface area contributed by atoms with E-state index in [9.17, 15) is 4.79 Å². The highest BCUT2D eigenvalue weighted by molar-refractivity contribution is 7.99. The molecular weight excluding hydrogens is 336 g/mol. The standard InChI is InChI=1S/C19H20N2OS2/c1-2-9-23-19-20-17(22)16-15(11-24-18(16)21-19)14-8-7-12-5-3-4-6-13(12)10-14/h7-8,10-11H,2-6,9H2,1H3,(H,20,21,22). The summed E-state index contributed by atoms with van der Waals surface area (Å²) < 4.78 is 0. The van der Waals surface area contributed by atoms with Gasteiger partial charge in [-0.05, 0) is 48.8 Å². The van der Waals surface area contributed by atoms with Gasteiger partial charge in [-0.2, -0.15) is 0 Å². The Hall–Kier alpha value is -1.59. The molecular formula is C19H20N2OS2. The van der Waals surface area contributed by atoms with Gasteiger partial charge in [-0.1, -0.05) is 36.9 Å². The van der Waals surface area contributed by atoms with Crippen LogP contribution in [-0.2, 0) is 12.8 Å². The van der Waals surface area contributed by atoms with Crippen molar-refractivity contribution in [2.24, 2.45) is 0 Å². The van der Waals surface area contributed by atoms with E-state index in [1.807, 2.05) is 0 Å². The van der Waals surface area contributed by atoms with E-state index < -0.39 is 0 Å². The molecule has 1 N–H and O–H groups in total. The molecule has 0 spiro atoms. The van der Waals surface area contributed by atoms with Crippen LogP contribution < -0.4 is 5.56 Å². The van der Waals surface area contributed by atoms with Crippen molar-refractivity contribution in [1.82, 2.24) is 9.97 Å². The maximum Gasteiger partial charge on any atom is 0.260 e. The van der Waals surface area contributed by atoms with Crippen LogP contribution in [0.25, 0.3) is 21.3 Å². The van der Waals surface area contributed by atoms with E-state index in [0.29, 0.717) is 0 Å². The van der Waals surface area contributed by atoms with Crippen LogP contribution in [0.15, 0.2) is 33.5 Å². The number of nitrogens with zero attached hydrogens (tertiary/aromatic N) is 1. The first-order chi connectivity index (χ1) is 11.8. The fourth-order valence-electron chi connectivity index (χ4n) is 3.31. The van der Waals surface area contributed by atoms with Crippen molar-refractivity contribution in [2.45, 2.75) is 44.2 Å². The van der Waals surface area contributed by atoms with Crippen LogP contribution in [0.2, 0.25) is 0 Å². The van der Waals surface area contributed by atoms with Gasteiger partial charge in [0.05, 0.1) is 5.39 Å². The summed E-state index contributed by atoms with van der Waals surface area (Å²) in [6.07, 6.45) is 5.95. The number of hydrogen-bond donors (Lipinski definition) is 1. The summed E-state index contributed by atoms with van der Waals surface area (Å²) in [6, 6.07) is 6.67. The molecule has 0 bridgehead atoms. The summed E-state index contributed by atoms with van der Waals surface area (Å²) in [4.78, 5) is 21.0. The molecule has 0 amide bonds. The Bertz CT molecular complexity index is 942. The summed E-state index contributed by atoms with van der Waals surface area (Å²) in [7, 11) is 0. The van der Waals surface area contributed by atoms with Gasteiger partial charge in [0.2, 0.25) is 0 Å². The number of hydrogen-bond acceptors (Lipinski definition) is 4. The number of thiophene rings is 1. The van der Waals surface area contributed by atoms with Gasteiger partial charge in [0, 0.05) is 16.7 Å². The van der Waals surface area contributed by atoms with E-state index in [2.05, 4.69) is 40.5 Å². The molecule has 0 unspecified atom stereocenters. The first kappa shape index (κ1) is 15.9. The molecule has 24 heavy (non-hydrogen) atoms. The number of aryl methyl sites for hydroxylation is 2. The minimum absolute atomic E-state index is 0.0208. The maximum atomic E-state index is 12.6. The molecule has 2 aromatic heterocycles. The molecule has 0 fully saturated rings. The van der Waals surface area contributed by atoms with Crippen LogP contribution in [0, 0.1) is 0 Å². The fourth-order valence-corrected chi connectivity index (χ4v) is 5.03. The van der Waals surface area contributed by atoms with Crippen molar-refractivity contribution in [3.63, 3.8) is 0 Å². The van der Waals surface area contributed by atoms with Crippen LogP contribution in [0.4, 0.5) is 0 Å². The molecule has 4 rings (SSSR count). The van der Waals surface area contributed by atoms with E-state index >= 15 is 0 Å². The molecule has 0 saturated heterocycles. The number of fused-ring (bicyclic) bond motifs is 2. The molecule has 0 radical (unpaired) electrons. The quantitative estimate of drug-likeness (QED) is 0.526. The Balaban J connectivity index is 1.79. The topological polar surface area (TPSA) is 45.8 Å². The highest BCUT2D eigenvalue weighted by atomic mass is 32.2. The molecule has 0 saturated carbocycles. The number of rotatable bonds is 4. The third-order valence-corrected chi connectivity index (χ3v) is 6.48. The molecule has 124 valence electrons. The third kappa shape index (κ3) is 2.91. The first-order valence-corrected chi connectivity index (χ1v) is 10.4. The lowest BCUT2D eigenvalue weighted by Crippen LogP contribution is -2.09. The number of benzene rings is 1. The van der Waals surface area contributed by atoms with Crippen LogP contribution >= 0.6 is 23.1 Å². The van der Waals surface area contributed by atoms with Crippen molar-refractivity contribution in [3.8, 4) is 11.1 Å².